The number of nitrogens with one attached hydrogen (secondary N) is 2. The average Bonchev–Trinajstić information content (AvgIpc) is 3.69. The second-order valence-electron chi connectivity index (χ2n) is 15.6. The van der Waals surface area contributed by atoms with E-state index in [4.69, 9.17) is 15.7 Å². The fourth-order valence-electron chi connectivity index (χ4n) is 7.50. The molecular weight excluding hydrogens is 936 g/mol. The van der Waals surface area contributed by atoms with Crippen LogP contribution in [0.15, 0.2) is 42.5 Å². The maximum absolute atomic E-state index is 15.5. The Morgan fingerprint density at radius 1 is 1.00 bits per heavy atom. The zero-order chi connectivity index (χ0) is 49.8. The monoisotopic (exact) mass is 970 g/mol. The van der Waals surface area contributed by atoms with Crippen molar-refractivity contribution >= 4 is 54.1 Å². The van der Waals surface area contributed by atoms with Crippen molar-refractivity contribution < 1.29 is 69.6 Å². The highest BCUT2D eigenvalue weighted by molar-refractivity contribution is 7.92. The van der Waals surface area contributed by atoms with Gasteiger partial charge < -0.3 is 5.32 Å². The van der Waals surface area contributed by atoms with Crippen molar-refractivity contribution in [3.05, 3.63) is 93.0 Å². The minimum atomic E-state index is -5.22. The summed E-state index contributed by atoms with van der Waals surface area (Å²) >= 11 is 6.45. The van der Waals surface area contributed by atoms with E-state index < -0.39 is 149 Å². The van der Waals surface area contributed by atoms with Gasteiger partial charge in [0.15, 0.2) is 21.3 Å². The molecule has 1 fully saturated rings. The Bertz CT molecular complexity index is 3150. The van der Waals surface area contributed by atoms with Gasteiger partial charge >= 0.3 is 12.4 Å². The SMILES string of the molecule is [2H]C([2H])([2H])S(=O)(=O)C(C)(C)C#Cc1ccc(-c2ccc(Cl)c3c(NS(C)(=O)=O)nn(CC(F)(F)F)c23)c(C(Cc2cc(F)cc(F)c2)NC(=O)Cn2nc(C(F)(F)F)c3c2C(F)(F)C2CC32)n1. The summed E-state index contributed by atoms with van der Waals surface area (Å²) in [6.45, 7) is -1.28. The number of hydrogen-bond acceptors (Lipinski definition) is 8. The second kappa shape index (κ2) is 15.6. The number of hydrogen-bond donors (Lipinski definition) is 2. The molecule has 7 rings (SSSR count). The predicted molar refractivity (Wildman–Crippen MR) is 211 cm³/mol. The third-order valence-electron chi connectivity index (χ3n) is 10.4. The Kier molecular flexibility index (Phi) is 10.4. The molecular formula is C39H32ClF10N7O5S2. The topological polar surface area (TPSA) is 158 Å². The number of halogens is 11. The molecule has 3 unspecified atom stereocenters. The van der Waals surface area contributed by atoms with Gasteiger partial charge in [-0.2, -0.15) is 45.3 Å². The lowest BCUT2D eigenvalue weighted by Gasteiger charge is -2.23. The first-order valence-corrected chi connectivity index (χ1v) is 22.2. The Balaban J connectivity index is 1.46. The molecule has 64 heavy (non-hydrogen) atoms. The molecule has 1 saturated carbocycles. The number of anilines is 1. The van der Waals surface area contributed by atoms with Crippen LogP contribution in [0.25, 0.3) is 22.0 Å². The lowest BCUT2D eigenvalue weighted by atomic mass is 9.93. The van der Waals surface area contributed by atoms with Crippen LogP contribution in [0.4, 0.5) is 49.7 Å². The molecule has 0 radical (unpaired) electrons. The van der Waals surface area contributed by atoms with Gasteiger partial charge in [-0.15, -0.1) is 0 Å². The van der Waals surface area contributed by atoms with Crippen molar-refractivity contribution in [2.75, 3.05) is 17.2 Å². The van der Waals surface area contributed by atoms with E-state index >= 15 is 8.78 Å². The molecule has 3 aromatic heterocycles. The average molecular weight is 971 g/mol. The molecule has 0 bridgehead atoms. The third kappa shape index (κ3) is 9.24. The first-order chi connectivity index (χ1) is 30.6. The molecule has 12 nitrogen and oxygen atoms in total. The van der Waals surface area contributed by atoms with Gasteiger partial charge in [0.1, 0.15) is 40.9 Å². The van der Waals surface area contributed by atoms with E-state index in [1.165, 1.54) is 0 Å². The number of carbonyl (C=O) groups is 1. The van der Waals surface area contributed by atoms with Gasteiger partial charge in [0, 0.05) is 39.0 Å². The number of sulfone groups is 1. The molecule has 3 heterocycles. The standard InChI is InChI=1S/C39H32ClF10N7O5S2/c1-36(2,63(3,59)60)10-9-21-5-6-22(23-7-8-26(40)30-32(23)57(17-37(43,44)45)54-35(30)55-64(4,61)62)31(51-21)27(13-18-11-19(41)14-20(42)12-18)52-28(58)16-56-34-29(33(53-56)39(48,49)50)24-15-25(24)38(34,46)47/h5-8,11-12,14,24-25,27H,13,15-17H2,1-4H3,(H,52,58)(H,54,55)/i3D3. The van der Waals surface area contributed by atoms with Crippen molar-refractivity contribution in [3.63, 3.8) is 0 Å². The fraction of sp³-hybridized carbons (Fsp3) is 0.385. The minimum absolute atomic E-state index is 0.178. The van der Waals surface area contributed by atoms with Crippen molar-refractivity contribution in [2.45, 2.75) is 74.8 Å². The highest BCUT2D eigenvalue weighted by Crippen LogP contribution is 2.68. The number of pyridine rings is 1. The van der Waals surface area contributed by atoms with Crippen LogP contribution >= 0.6 is 11.6 Å². The number of carbonyl (C=O) groups excluding carboxylic acids is 1. The molecule has 0 aliphatic heterocycles. The molecule has 25 heteroatoms. The summed E-state index contributed by atoms with van der Waals surface area (Å²) < 4.78 is 219. The van der Waals surface area contributed by atoms with E-state index in [1.807, 2.05) is 4.72 Å². The van der Waals surface area contributed by atoms with Crippen LogP contribution in [0.1, 0.15) is 70.2 Å². The first-order valence-electron chi connectivity index (χ1n) is 19.9. The number of aromatic nitrogens is 5. The normalized spacial score (nSPS) is 18.6. The lowest BCUT2D eigenvalue weighted by Crippen LogP contribution is -2.35. The molecule has 2 aromatic carbocycles. The number of rotatable bonds is 11. The highest BCUT2D eigenvalue weighted by Gasteiger charge is 2.68. The highest BCUT2D eigenvalue weighted by atomic mass is 35.5. The fourth-order valence-corrected chi connectivity index (χ4v) is 8.42. The number of alkyl halides is 8. The van der Waals surface area contributed by atoms with Crippen molar-refractivity contribution in [2.24, 2.45) is 5.92 Å². The van der Waals surface area contributed by atoms with Gasteiger partial charge in [-0.25, -0.2) is 30.6 Å². The summed E-state index contributed by atoms with van der Waals surface area (Å²) in [7, 11) is -9.28. The molecule has 2 N–H and O–H groups in total. The van der Waals surface area contributed by atoms with Crippen LogP contribution in [0.3, 0.4) is 0 Å². The van der Waals surface area contributed by atoms with Gasteiger partial charge in [0.2, 0.25) is 15.9 Å². The van der Waals surface area contributed by atoms with Crippen molar-refractivity contribution in [1.82, 2.24) is 29.9 Å². The number of benzene rings is 2. The summed E-state index contributed by atoms with van der Waals surface area (Å²) in [6.07, 6.45) is -14.1. The van der Waals surface area contributed by atoms with Crippen LogP contribution in [-0.4, -0.2) is 70.7 Å². The van der Waals surface area contributed by atoms with E-state index in [0.29, 0.717) is 17.0 Å². The first kappa shape index (κ1) is 42.5. The summed E-state index contributed by atoms with van der Waals surface area (Å²) in [5, 5.41) is 8.81. The van der Waals surface area contributed by atoms with E-state index in [9.17, 15) is 56.8 Å². The largest absolute Gasteiger partial charge is 0.435 e. The Hall–Kier alpha value is -5.41. The van der Waals surface area contributed by atoms with E-state index in [1.54, 1.807) is 0 Å². The van der Waals surface area contributed by atoms with Crippen LogP contribution in [-0.2, 0) is 56.3 Å². The molecule has 1 amide bonds. The van der Waals surface area contributed by atoms with Crippen LogP contribution in [0.2, 0.25) is 5.02 Å². The lowest BCUT2D eigenvalue weighted by molar-refractivity contribution is -0.142. The molecule has 0 spiro atoms. The van der Waals surface area contributed by atoms with Gasteiger partial charge in [-0.05, 0) is 74.4 Å². The van der Waals surface area contributed by atoms with Gasteiger partial charge in [0.25, 0.3) is 5.92 Å². The predicted octanol–water partition coefficient (Wildman–Crippen LogP) is 7.66. The Morgan fingerprint density at radius 3 is 2.27 bits per heavy atom. The van der Waals surface area contributed by atoms with E-state index in [0.717, 1.165) is 50.2 Å². The zero-order valence-corrected chi connectivity index (χ0v) is 35.2. The molecule has 342 valence electrons. The molecule has 2 aliphatic carbocycles. The van der Waals surface area contributed by atoms with E-state index in [2.05, 4.69) is 32.3 Å². The third-order valence-corrected chi connectivity index (χ3v) is 12.7. The maximum Gasteiger partial charge on any atom is 0.435 e. The smallest absolute Gasteiger partial charge is 0.346 e. The summed E-state index contributed by atoms with van der Waals surface area (Å²) in [6, 6.07) is 4.68. The van der Waals surface area contributed by atoms with Gasteiger partial charge in [0.05, 0.1) is 33.9 Å². The zero-order valence-electron chi connectivity index (χ0n) is 35.9. The van der Waals surface area contributed by atoms with Crippen LogP contribution in [0.5, 0.6) is 0 Å². The number of fused-ring (bicyclic) bond motifs is 4. The molecule has 2 aliphatic rings. The summed E-state index contributed by atoms with van der Waals surface area (Å²) in [4.78, 5) is 18.5. The summed E-state index contributed by atoms with van der Waals surface area (Å²) in [5.74, 6) is -6.17. The molecule has 3 atom stereocenters. The Labute approximate surface area is 366 Å². The molecule has 5 aromatic rings. The summed E-state index contributed by atoms with van der Waals surface area (Å²) in [5.41, 5.74) is -5.86. The quantitative estimate of drug-likeness (QED) is 0.101. The van der Waals surface area contributed by atoms with Crippen molar-refractivity contribution in [1.29, 1.82) is 0 Å². The van der Waals surface area contributed by atoms with E-state index in [-0.39, 0.29) is 32.8 Å². The van der Waals surface area contributed by atoms with Crippen LogP contribution < -0.4 is 10.0 Å². The number of nitrogens with zero attached hydrogens (tertiary/aromatic N) is 5. The minimum Gasteiger partial charge on any atom is -0.346 e. The van der Waals surface area contributed by atoms with Crippen molar-refractivity contribution in [3.8, 4) is 23.0 Å². The maximum atomic E-state index is 15.5. The number of amides is 1. The van der Waals surface area contributed by atoms with Gasteiger partial charge in [-0.1, -0.05) is 23.6 Å². The Morgan fingerprint density at radius 2 is 1.66 bits per heavy atom. The van der Waals surface area contributed by atoms with Crippen LogP contribution in [0, 0.1) is 29.4 Å². The van der Waals surface area contributed by atoms with Gasteiger partial charge in [-0.3, -0.25) is 18.9 Å². The second-order valence-corrected chi connectivity index (χ2v) is 19.8. The number of sulfonamides is 1. The molecule has 0 saturated heterocycles.